The molecule has 10 heteroatoms. The highest BCUT2D eigenvalue weighted by atomic mass is 35.5. The minimum absolute atomic E-state index is 0.0299. The van der Waals surface area contributed by atoms with Crippen LogP contribution < -0.4 is 20.1 Å². The largest absolute Gasteiger partial charge is 0.493 e. The molecular formula is C25H28ClN5O4. The molecule has 2 aliphatic rings. The molecule has 4 heterocycles. The van der Waals surface area contributed by atoms with E-state index >= 15 is 0 Å². The first-order valence-corrected chi connectivity index (χ1v) is 11.9. The quantitative estimate of drug-likeness (QED) is 0.459. The Morgan fingerprint density at radius 3 is 3.06 bits per heavy atom. The van der Waals surface area contributed by atoms with Gasteiger partial charge in [0.2, 0.25) is 0 Å². The van der Waals surface area contributed by atoms with Gasteiger partial charge in [-0.3, -0.25) is 9.78 Å². The van der Waals surface area contributed by atoms with E-state index in [-0.39, 0.29) is 12.0 Å². The van der Waals surface area contributed by atoms with Crippen LogP contribution in [0.4, 0.5) is 11.4 Å². The van der Waals surface area contributed by atoms with Crippen molar-refractivity contribution in [1.82, 2.24) is 20.2 Å². The van der Waals surface area contributed by atoms with Crippen LogP contribution in [0.1, 0.15) is 16.1 Å². The van der Waals surface area contributed by atoms with E-state index in [1.165, 1.54) is 0 Å². The zero-order chi connectivity index (χ0) is 24.4. The number of pyridine rings is 1. The van der Waals surface area contributed by atoms with Gasteiger partial charge in [-0.1, -0.05) is 17.7 Å². The van der Waals surface area contributed by atoms with Gasteiger partial charge in [0.1, 0.15) is 18.5 Å². The molecule has 35 heavy (non-hydrogen) atoms. The van der Waals surface area contributed by atoms with Crippen LogP contribution in [0.2, 0.25) is 5.02 Å². The molecule has 1 amide bonds. The highest BCUT2D eigenvalue weighted by Crippen LogP contribution is 2.42. The number of benzene rings is 1. The highest BCUT2D eigenvalue weighted by molar-refractivity contribution is 6.32. The number of aromatic nitrogens is 2. The summed E-state index contributed by atoms with van der Waals surface area (Å²) in [4.78, 5) is 22.9. The molecule has 0 bridgehead atoms. The van der Waals surface area contributed by atoms with Crippen LogP contribution in [0.3, 0.4) is 0 Å². The molecule has 0 saturated carbocycles. The molecule has 184 valence electrons. The van der Waals surface area contributed by atoms with E-state index in [4.69, 9.17) is 25.8 Å². The maximum Gasteiger partial charge on any atom is 0.255 e. The van der Waals surface area contributed by atoms with Crippen molar-refractivity contribution in [1.29, 1.82) is 0 Å². The summed E-state index contributed by atoms with van der Waals surface area (Å²) in [7, 11) is 3.63. The fourth-order valence-electron chi connectivity index (χ4n) is 4.51. The van der Waals surface area contributed by atoms with E-state index in [0.717, 1.165) is 30.0 Å². The first-order valence-electron chi connectivity index (χ1n) is 11.5. The van der Waals surface area contributed by atoms with E-state index < -0.39 is 0 Å². The van der Waals surface area contributed by atoms with Crippen molar-refractivity contribution < 1.29 is 19.0 Å². The SMILES string of the molecule is COc1c(Cl)cccc1Nc1c(-c2ccncc2OC[C@@H]2CN(C)CCO2)[nH]c2c1C(=O)NCC2. The summed E-state index contributed by atoms with van der Waals surface area (Å²) in [6.07, 6.45) is 4.05. The third kappa shape index (κ3) is 4.80. The first-order chi connectivity index (χ1) is 17.0. The molecule has 0 unspecified atom stereocenters. The van der Waals surface area contributed by atoms with Crippen molar-refractivity contribution in [2.75, 3.05) is 52.3 Å². The fraction of sp³-hybridized carbons (Fsp3) is 0.360. The number of methoxy groups -OCH3 is 1. The summed E-state index contributed by atoms with van der Waals surface area (Å²) in [6.45, 7) is 3.35. The Kier molecular flexibility index (Phi) is 6.81. The maximum atomic E-state index is 12.9. The number of fused-ring (bicyclic) bond motifs is 1. The fourth-order valence-corrected chi connectivity index (χ4v) is 4.76. The molecule has 3 aromatic rings. The van der Waals surface area contributed by atoms with Crippen LogP contribution in [-0.2, 0) is 11.2 Å². The lowest BCUT2D eigenvalue weighted by atomic mass is 10.0. The summed E-state index contributed by atoms with van der Waals surface area (Å²) in [5, 5.41) is 6.81. The normalized spacial score (nSPS) is 18.0. The van der Waals surface area contributed by atoms with Crippen LogP contribution in [0.5, 0.6) is 11.5 Å². The van der Waals surface area contributed by atoms with E-state index in [1.807, 2.05) is 18.2 Å². The van der Waals surface area contributed by atoms with E-state index in [0.29, 0.717) is 59.6 Å². The van der Waals surface area contributed by atoms with Crippen LogP contribution in [0.25, 0.3) is 11.3 Å². The Bertz CT molecular complexity index is 1230. The second-order valence-corrected chi connectivity index (χ2v) is 9.03. The number of morpholine rings is 1. The smallest absolute Gasteiger partial charge is 0.255 e. The number of nitrogens with one attached hydrogen (secondary N) is 3. The average Bonchev–Trinajstić information content (AvgIpc) is 3.22. The van der Waals surface area contributed by atoms with Crippen molar-refractivity contribution in [2.45, 2.75) is 12.5 Å². The summed E-state index contributed by atoms with van der Waals surface area (Å²) in [5.41, 5.74) is 4.21. The number of hydrogen-bond acceptors (Lipinski definition) is 7. The third-order valence-electron chi connectivity index (χ3n) is 6.22. The van der Waals surface area contributed by atoms with Gasteiger partial charge in [0.05, 0.1) is 47.6 Å². The lowest BCUT2D eigenvalue weighted by Gasteiger charge is -2.30. The highest BCUT2D eigenvalue weighted by Gasteiger charge is 2.29. The van der Waals surface area contributed by atoms with Crippen molar-refractivity contribution in [3.8, 4) is 22.8 Å². The van der Waals surface area contributed by atoms with Crippen LogP contribution in [0.15, 0.2) is 36.7 Å². The minimum Gasteiger partial charge on any atom is -0.493 e. The predicted octanol–water partition coefficient (Wildman–Crippen LogP) is 3.48. The summed E-state index contributed by atoms with van der Waals surface area (Å²) >= 11 is 6.35. The van der Waals surface area contributed by atoms with Gasteiger partial charge in [0, 0.05) is 43.5 Å². The molecule has 1 fully saturated rings. The van der Waals surface area contributed by atoms with Gasteiger partial charge < -0.3 is 34.7 Å². The molecular weight excluding hydrogens is 470 g/mol. The van der Waals surface area contributed by atoms with Crippen molar-refractivity contribution in [3.05, 3.63) is 52.9 Å². The standard InChI is InChI=1S/C25H28ClN5O4/c1-31-10-11-34-15(13-31)14-35-20-12-27-8-6-16(20)22-23(21-18(29-22)7-9-28-25(21)32)30-19-5-3-4-17(26)24(19)33-2/h3-6,8,12,15,29-30H,7,9-11,13-14H2,1-2H3,(H,28,32)/t15-/m0/s1. The Morgan fingerprint density at radius 2 is 2.23 bits per heavy atom. The summed E-state index contributed by atoms with van der Waals surface area (Å²) < 4.78 is 17.6. The Morgan fingerprint density at radius 1 is 1.34 bits per heavy atom. The van der Waals surface area contributed by atoms with Gasteiger partial charge in [-0.15, -0.1) is 0 Å². The van der Waals surface area contributed by atoms with Crippen molar-refractivity contribution >= 4 is 28.9 Å². The molecule has 2 aliphatic heterocycles. The Labute approximate surface area is 208 Å². The zero-order valence-corrected chi connectivity index (χ0v) is 20.4. The number of para-hydroxylation sites is 1. The lowest BCUT2D eigenvalue weighted by Crippen LogP contribution is -2.42. The molecule has 0 spiro atoms. The molecule has 5 rings (SSSR count). The minimum atomic E-state index is -0.146. The Balaban J connectivity index is 1.53. The molecule has 2 aromatic heterocycles. The van der Waals surface area contributed by atoms with Crippen molar-refractivity contribution in [2.24, 2.45) is 0 Å². The van der Waals surface area contributed by atoms with E-state index in [2.05, 4.69) is 32.5 Å². The van der Waals surface area contributed by atoms with Gasteiger partial charge in [0.25, 0.3) is 5.91 Å². The summed E-state index contributed by atoms with van der Waals surface area (Å²) in [6, 6.07) is 7.31. The number of halogens is 1. The van der Waals surface area contributed by atoms with Crippen LogP contribution in [-0.4, -0.2) is 73.9 Å². The monoisotopic (exact) mass is 497 g/mol. The number of anilines is 2. The number of ether oxygens (including phenoxy) is 3. The van der Waals surface area contributed by atoms with E-state index in [9.17, 15) is 4.79 Å². The molecule has 9 nitrogen and oxygen atoms in total. The van der Waals surface area contributed by atoms with Gasteiger partial charge in [0.15, 0.2) is 5.75 Å². The van der Waals surface area contributed by atoms with Gasteiger partial charge in [-0.2, -0.15) is 0 Å². The topological polar surface area (TPSA) is 101 Å². The van der Waals surface area contributed by atoms with Gasteiger partial charge in [-0.25, -0.2) is 0 Å². The summed E-state index contributed by atoms with van der Waals surface area (Å²) in [5.74, 6) is 0.952. The number of H-pyrrole nitrogens is 1. The number of hydrogen-bond donors (Lipinski definition) is 3. The zero-order valence-electron chi connectivity index (χ0n) is 19.7. The second kappa shape index (κ2) is 10.2. The molecule has 1 saturated heterocycles. The predicted molar refractivity (Wildman–Crippen MR) is 134 cm³/mol. The molecule has 0 radical (unpaired) electrons. The average molecular weight is 498 g/mol. The van der Waals surface area contributed by atoms with Crippen LogP contribution >= 0.6 is 11.6 Å². The number of carbonyl (C=O) groups excluding carboxylic acids is 1. The van der Waals surface area contributed by atoms with Gasteiger partial charge >= 0.3 is 0 Å². The number of nitrogens with zero attached hydrogens (tertiary/aromatic N) is 2. The number of rotatable bonds is 7. The Hall–Kier alpha value is -3.27. The number of likely N-dealkylation sites (N-methyl/N-ethyl adjacent to an activating group) is 1. The maximum absolute atomic E-state index is 12.9. The van der Waals surface area contributed by atoms with Crippen molar-refractivity contribution in [3.63, 3.8) is 0 Å². The lowest BCUT2D eigenvalue weighted by molar-refractivity contribution is -0.0403. The molecule has 1 atom stereocenters. The molecule has 1 aromatic carbocycles. The van der Waals surface area contributed by atoms with Gasteiger partial charge in [-0.05, 0) is 25.2 Å². The second-order valence-electron chi connectivity index (χ2n) is 8.62. The number of aromatic amines is 1. The molecule has 0 aliphatic carbocycles. The third-order valence-corrected chi connectivity index (χ3v) is 6.51. The number of amides is 1. The van der Waals surface area contributed by atoms with Crippen LogP contribution in [0, 0.1) is 0 Å². The van der Waals surface area contributed by atoms with E-state index in [1.54, 1.807) is 25.6 Å². The molecule has 3 N–H and O–H groups in total. The first kappa shape index (κ1) is 23.5. The number of carbonyl (C=O) groups is 1.